The first kappa shape index (κ1) is 14.7. The van der Waals surface area contributed by atoms with Gasteiger partial charge in [-0.2, -0.15) is 4.98 Å². The van der Waals surface area contributed by atoms with E-state index in [1.54, 1.807) is 11.8 Å². The van der Waals surface area contributed by atoms with Gasteiger partial charge in [-0.3, -0.25) is 4.79 Å². The molecular formula is C16H18N4O2S. The normalized spacial score (nSPS) is 26.8. The Bertz CT molecular complexity index is 745. The quantitative estimate of drug-likeness (QED) is 0.929. The minimum absolute atomic E-state index is 0.121. The summed E-state index contributed by atoms with van der Waals surface area (Å²) in [6.45, 7) is 2.62. The highest BCUT2D eigenvalue weighted by molar-refractivity contribution is 8.00. The Balaban J connectivity index is 1.62. The van der Waals surface area contributed by atoms with E-state index in [-0.39, 0.29) is 16.8 Å². The van der Waals surface area contributed by atoms with Crippen LogP contribution in [-0.4, -0.2) is 31.6 Å². The van der Waals surface area contributed by atoms with Gasteiger partial charge in [-0.05, 0) is 18.9 Å². The van der Waals surface area contributed by atoms with Gasteiger partial charge in [0.15, 0.2) is 0 Å². The fourth-order valence-corrected chi connectivity index (χ4v) is 4.70. The van der Waals surface area contributed by atoms with Crippen LogP contribution in [0.15, 0.2) is 28.8 Å². The lowest BCUT2D eigenvalue weighted by Crippen LogP contribution is -2.37. The van der Waals surface area contributed by atoms with E-state index in [1.807, 2.05) is 29.2 Å². The summed E-state index contributed by atoms with van der Waals surface area (Å²) in [5.41, 5.74) is 7.56. The van der Waals surface area contributed by atoms with Crippen LogP contribution >= 0.6 is 11.8 Å². The Morgan fingerprint density at radius 1 is 1.43 bits per heavy atom. The third-order valence-electron chi connectivity index (χ3n) is 4.62. The summed E-state index contributed by atoms with van der Waals surface area (Å²) in [5, 5.41) is 4.08. The first-order valence-electron chi connectivity index (χ1n) is 7.70. The number of fused-ring (bicyclic) bond motifs is 1. The Hall–Kier alpha value is -1.86. The molecule has 7 heteroatoms. The van der Waals surface area contributed by atoms with Crippen LogP contribution in [-0.2, 0) is 11.3 Å². The van der Waals surface area contributed by atoms with Crippen LogP contribution in [0, 0.1) is 0 Å². The van der Waals surface area contributed by atoms with E-state index < -0.39 is 0 Å². The topological polar surface area (TPSA) is 85.2 Å². The Labute approximate surface area is 138 Å². The summed E-state index contributed by atoms with van der Waals surface area (Å²) in [6.07, 6.45) is 1.48. The van der Waals surface area contributed by atoms with Gasteiger partial charge in [0.25, 0.3) is 5.89 Å². The van der Waals surface area contributed by atoms with Crippen LogP contribution in [0.4, 0.5) is 0 Å². The molecule has 4 rings (SSSR count). The molecule has 1 amide bonds. The molecule has 2 fully saturated rings. The van der Waals surface area contributed by atoms with Gasteiger partial charge in [-0.1, -0.05) is 29.4 Å². The van der Waals surface area contributed by atoms with Crippen LogP contribution in [0.5, 0.6) is 0 Å². The van der Waals surface area contributed by atoms with Crippen molar-refractivity contribution in [3.63, 3.8) is 0 Å². The first-order chi connectivity index (χ1) is 11.1. The maximum atomic E-state index is 12.2. The van der Waals surface area contributed by atoms with Gasteiger partial charge < -0.3 is 15.2 Å². The molecule has 2 aliphatic rings. The lowest BCUT2D eigenvalue weighted by molar-refractivity contribution is -0.131. The van der Waals surface area contributed by atoms with E-state index in [4.69, 9.17) is 10.3 Å². The molecule has 2 saturated heterocycles. The molecule has 2 unspecified atom stereocenters. The van der Waals surface area contributed by atoms with E-state index in [1.165, 1.54) is 0 Å². The number of hydrogen-bond donors (Lipinski definition) is 1. The van der Waals surface area contributed by atoms with Gasteiger partial charge in [-0.25, -0.2) is 0 Å². The molecule has 1 aromatic carbocycles. The van der Waals surface area contributed by atoms with Crippen molar-refractivity contribution in [1.82, 2.24) is 15.0 Å². The molecule has 0 aliphatic carbocycles. The maximum Gasteiger partial charge on any atom is 0.250 e. The van der Waals surface area contributed by atoms with Crippen molar-refractivity contribution in [2.75, 3.05) is 5.75 Å². The molecular weight excluding hydrogens is 312 g/mol. The van der Waals surface area contributed by atoms with Crippen molar-refractivity contribution in [2.45, 2.75) is 37.2 Å². The minimum atomic E-state index is -0.126. The summed E-state index contributed by atoms with van der Waals surface area (Å²) in [5.74, 6) is 2.05. The molecule has 2 N–H and O–H groups in total. The zero-order valence-corrected chi connectivity index (χ0v) is 13.7. The number of hydrogen-bond acceptors (Lipinski definition) is 6. The summed E-state index contributed by atoms with van der Waals surface area (Å²) in [6, 6.07) is 7.66. The highest BCUT2D eigenvalue weighted by atomic mass is 32.2. The van der Waals surface area contributed by atoms with Crippen molar-refractivity contribution >= 4 is 17.7 Å². The van der Waals surface area contributed by atoms with Gasteiger partial charge >= 0.3 is 0 Å². The number of rotatable bonds is 3. The van der Waals surface area contributed by atoms with Crippen LogP contribution in [0.3, 0.4) is 0 Å². The van der Waals surface area contributed by atoms with Crippen molar-refractivity contribution in [3.05, 3.63) is 35.7 Å². The van der Waals surface area contributed by atoms with E-state index in [2.05, 4.69) is 17.1 Å². The molecule has 0 radical (unpaired) electrons. The van der Waals surface area contributed by atoms with Crippen molar-refractivity contribution in [3.8, 4) is 11.4 Å². The van der Waals surface area contributed by atoms with Gasteiger partial charge in [-0.15, -0.1) is 11.8 Å². The zero-order valence-electron chi connectivity index (χ0n) is 12.9. The molecule has 3 heterocycles. The predicted octanol–water partition coefficient (Wildman–Crippen LogP) is 2.32. The maximum absolute atomic E-state index is 12.2. The second-order valence-electron chi connectivity index (χ2n) is 6.12. The summed E-state index contributed by atoms with van der Waals surface area (Å²) in [7, 11) is 0. The molecule has 23 heavy (non-hydrogen) atoms. The third-order valence-corrected chi connectivity index (χ3v) is 6.12. The zero-order chi connectivity index (χ0) is 16.0. The SMILES string of the molecule is CC12CCC(=O)N1C(c1nc(-c3ccc(CN)cc3)no1)CS2. The molecule has 2 atom stereocenters. The van der Waals surface area contributed by atoms with E-state index in [9.17, 15) is 4.79 Å². The molecule has 2 aromatic rings. The van der Waals surface area contributed by atoms with E-state index in [0.29, 0.717) is 24.7 Å². The summed E-state index contributed by atoms with van der Waals surface area (Å²) in [4.78, 5) is 18.5. The summed E-state index contributed by atoms with van der Waals surface area (Å²) < 4.78 is 5.47. The number of aromatic nitrogens is 2. The standard InChI is InChI=1S/C16H18N4O2S/c1-16-7-6-13(21)20(16)12(9-23-16)15-18-14(19-22-15)11-4-2-10(8-17)3-5-11/h2-5,12H,6-9,17H2,1H3. The van der Waals surface area contributed by atoms with Crippen LogP contribution < -0.4 is 5.73 Å². The Kier molecular flexibility index (Phi) is 3.42. The number of carbonyl (C=O) groups excluding carboxylic acids is 1. The van der Waals surface area contributed by atoms with Crippen molar-refractivity contribution in [2.24, 2.45) is 5.73 Å². The van der Waals surface area contributed by atoms with Crippen LogP contribution in [0.1, 0.15) is 37.3 Å². The highest BCUT2D eigenvalue weighted by Gasteiger charge is 2.52. The van der Waals surface area contributed by atoms with E-state index in [0.717, 1.165) is 23.3 Å². The molecule has 0 spiro atoms. The van der Waals surface area contributed by atoms with E-state index >= 15 is 0 Å². The fraction of sp³-hybridized carbons (Fsp3) is 0.438. The van der Waals surface area contributed by atoms with Gasteiger partial charge in [0.05, 0.1) is 4.87 Å². The predicted molar refractivity (Wildman–Crippen MR) is 87.3 cm³/mol. The molecule has 0 saturated carbocycles. The average molecular weight is 330 g/mol. The van der Waals surface area contributed by atoms with Crippen LogP contribution in [0.2, 0.25) is 0 Å². The number of nitrogens with two attached hydrogens (primary N) is 1. The first-order valence-corrected chi connectivity index (χ1v) is 8.68. The second kappa shape index (κ2) is 5.35. The van der Waals surface area contributed by atoms with Gasteiger partial charge in [0.2, 0.25) is 11.7 Å². The van der Waals surface area contributed by atoms with Gasteiger partial charge in [0, 0.05) is 24.3 Å². The lowest BCUT2D eigenvalue weighted by Gasteiger charge is -2.28. The molecule has 0 bridgehead atoms. The molecule has 120 valence electrons. The summed E-state index contributed by atoms with van der Waals surface area (Å²) >= 11 is 1.80. The third kappa shape index (κ3) is 2.35. The molecule has 2 aliphatic heterocycles. The molecule has 6 nitrogen and oxygen atoms in total. The number of amides is 1. The number of nitrogens with zero attached hydrogens (tertiary/aromatic N) is 3. The monoisotopic (exact) mass is 330 g/mol. The minimum Gasteiger partial charge on any atom is -0.337 e. The Morgan fingerprint density at radius 3 is 2.96 bits per heavy atom. The smallest absolute Gasteiger partial charge is 0.250 e. The molecule has 1 aromatic heterocycles. The van der Waals surface area contributed by atoms with Gasteiger partial charge in [0.1, 0.15) is 6.04 Å². The lowest BCUT2D eigenvalue weighted by atomic mass is 10.1. The largest absolute Gasteiger partial charge is 0.337 e. The van der Waals surface area contributed by atoms with Crippen molar-refractivity contribution < 1.29 is 9.32 Å². The number of thioether (sulfide) groups is 1. The second-order valence-corrected chi connectivity index (χ2v) is 7.62. The Morgan fingerprint density at radius 2 is 2.22 bits per heavy atom. The van der Waals surface area contributed by atoms with Crippen LogP contribution in [0.25, 0.3) is 11.4 Å². The number of carbonyl (C=O) groups is 1. The highest BCUT2D eigenvalue weighted by Crippen LogP contribution is 2.52. The average Bonchev–Trinajstić information content (AvgIpc) is 3.24. The van der Waals surface area contributed by atoms with Crippen molar-refractivity contribution in [1.29, 1.82) is 0 Å². The fourth-order valence-electron chi connectivity index (χ4n) is 3.28. The number of benzene rings is 1.